The summed E-state index contributed by atoms with van der Waals surface area (Å²) in [5, 5.41) is 3.63. The van der Waals surface area contributed by atoms with Crippen LogP contribution in [0.15, 0.2) is 30.6 Å². The van der Waals surface area contributed by atoms with Crippen molar-refractivity contribution in [3.63, 3.8) is 0 Å². The van der Waals surface area contributed by atoms with E-state index in [4.69, 9.17) is 23.2 Å². The van der Waals surface area contributed by atoms with Gasteiger partial charge in [-0.05, 0) is 32.0 Å². The van der Waals surface area contributed by atoms with Crippen molar-refractivity contribution in [3.8, 4) is 0 Å². The molecule has 100 valence electrons. The Hall–Kier alpha value is -1.52. The van der Waals surface area contributed by atoms with Crippen LogP contribution in [-0.2, 0) is 0 Å². The fourth-order valence-corrected chi connectivity index (χ4v) is 2.11. The molecular formula is C13H13Cl2N3O. The number of amides is 1. The molecule has 0 fully saturated rings. The number of anilines is 1. The number of hydrogen-bond donors (Lipinski definition) is 1. The van der Waals surface area contributed by atoms with Crippen LogP contribution in [0.3, 0.4) is 0 Å². The van der Waals surface area contributed by atoms with Gasteiger partial charge in [0.1, 0.15) is 10.8 Å². The normalized spacial score (nSPS) is 10.8. The molecule has 4 nitrogen and oxygen atoms in total. The van der Waals surface area contributed by atoms with Crippen molar-refractivity contribution in [1.29, 1.82) is 0 Å². The van der Waals surface area contributed by atoms with Crippen molar-refractivity contribution in [2.45, 2.75) is 19.9 Å². The molecular weight excluding hydrogens is 285 g/mol. The van der Waals surface area contributed by atoms with E-state index in [1.807, 2.05) is 18.4 Å². The minimum absolute atomic E-state index is 0.147. The molecule has 0 unspecified atom stereocenters. The number of pyridine rings is 1. The van der Waals surface area contributed by atoms with Crippen molar-refractivity contribution in [2.24, 2.45) is 0 Å². The van der Waals surface area contributed by atoms with Gasteiger partial charge in [-0.15, -0.1) is 0 Å². The highest BCUT2D eigenvalue weighted by Gasteiger charge is 2.15. The number of halogens is 2. The van der Waals surface area contributed by atoms with Gasteiger partial charge in [0.2, 0.25) is 0 Å². The van der Waals surface area contributed by atoms with E-state index in [0.717, 1.165) is 0 Å². The van der Waals surface area contributed by atoms with Crippen LogP contribution in [0.1, 0.15) is 30.4 Å². The lowest BCUT2D eigenvalue weighted by atomic mass is 10.3. The Morgan fingerprint density at radius 1 is 1.37 bits per heavy atom. The molecule has 0 aromatic carbocycles. The van der Waals surface area contributed by atoms with E-state index in [1.54, 1.807) is 24.4 Å². The summed E-state index contributed by atoms with van der Waals surface area (Å²) in [4.78, 5) is 16.1. The Morgan fingerprint density at radius 3 is 2.74 bits per heavy atom. The molecule has 1 amide bonds. The smallest absolute Gasteiger partial charge is 0.272 e. The molecule has 0 aliphatic carbocycles. The number of nitrogens with one attached hydrogen (secondary N) is 1. The molecule has 2 rings (SSSR count). The van der Waals surface area contributed by atoms with Gasteiger partial charge in [-0.3, -0.25) is 4.79 Å². The summed E-state index contributed by atoms with van der Waals surface area (Å²) in [6, 6.07) is 5.05. The molecule has 0 aliphatic heterocycles. The number of nitrogens with zero attached hydrogens (tertiary/aromatic N) is 2. The van der Waals surface area contributed by atoms with Crippen molar-refractivity contribution < 1.29 is 4.79 Å². The van der Waals surface area contributed by atoms with Gasteiger partial charge in [0.15, 0.2) is 0 Å². The van der Waals surface area contributed by atoms with Crippen molar-refractivity contribution in [1.82, 2.24) is 9.55 Å². The van der Waals surface area contributed by atoms with Gasteiger partial charge in [-0.2, -0.15) is 0 Å². The van der Waals surface area contributed by atoms with Crippen LogP contribution in [0.25, 0.3) is 0 Å². The zero-order chi connectivity index (χ0) is 14.0. The summed E-state index contributed by atoms with van der Waals surface area (Å²) < 4.78 is 1.82. The van der Waals surface area contributed by atoms with E-state index in [9.17, 15) is 4.79 Å². The lowest BCUT2D eigenvalue weighted by molar-refractivity contribution is 0.101. The lowest BCUT2D eigenvalue weighted by Gasteiger charge is -2.12. The van der Waals surface area contributed by atoms with Crippen LogP contribution in [-0.4, -0.2) is 15.5 Å². The maximum Gasteiger partial charge on any atom is 0.272 e. The topological polar surface area (TPSA) is 46.9 Å². The van der Waals surface area contributed by atoms with Crippen LogP contribution in [0.5, 0.6) is 0 Å². The maximum atomic E-state index is 12.2. The molecule has 0 spiro atoms. The summed E-state index contributed by atoms with van der Waals surface area (Å²) in [5.41, 5.74) is 1.10. The van der Waals surface area contributed by atoms with Crippen LogP contribution >= 0.6 is 23.2 Å². The van der Waals surface area contributed by atoms with E-state index < -0.39 is 0 Å². The Bertz CT molecular complexity index is 608. The fourth-order valence-electron chi connectivity index (χ4n) is 1.73. The Kier molecular flexibility index (Phi) is 4.12. The van der Waals surface area contributed by atoms with Gasteiger partial charge >= 0.3 is 0 Å². The largest absolute Gasteiger partial charge is 0.339 e. The molecule has 0 saturated heterocycles. The van der Waals surface area contributed by atoms with E-state index in [1.165, 1.54) is 6.20 Å². The third-order valence-electron chi connectivity index (χ3n) is 2.59. The molecule has 2 aromatic heterocycles. The Balaban J connectivity index is 2.25. The molecule has 6 heteroatoms. The quantitative estimate of drug-likeness (QED) is 0.870. The predicted octanol–water partition coefficient (Wildman–Crippen LogP) is 4.02. The number of carbonyl (C=O) groups is 1. The first-order valence-electron chi connectivity index (χ1n) is 5.77. The zero-order valence-corrected chi connectivity index (χ0v) is 12.0. The van der Waals surface area contributed by atoms with E-state index in [0.29, 0.717) is 21.6 Å². The van der Waals surface area contributed by atoms with Gasteiger partial charge in [-0.1, -0.05) is 23.2 Å². The highest BCUT2D eigenvalue weighted by molar-refractivity contribution is 6.31. The Morgan fingerprint density at radius 2 is 2.11 bits per heavy atom. The average Bonchev–Trinajstić information content (AvgIpc) is 2.71. The first kappa shape index (κ1) is 13.9. The van der Waals surface area contributed by atoms with E-state index in [2.05, 4.69) is 10.3 Å². The van der Waals surface area contributed by atoms with Crippen LogP contribution in [0.2, 0.25) is 10.2 Å². The second-order valence-electron chi connectivity index (χ2n) is 4.37. The Labute approximate surface area is 121 Å². The second kappa shape index (κ2) is 5.63. The fraction of sp³-hybridized carbons (Fsp3) is 0.231. The minimum atomic E-state index is -0.233. The van der Waals surface area contributed by atoms with Gasteiger partial charge in [0.25, 0.3) is 5.91 Å². The van der Waals surface area contributed by atoms with E-state index >= 15 is 0 Å². The van der Waals surface area contributed by atoms with Crippen LogP contribution < -0.4 is 5.32 Å². The monoisotopic (exact) mass is 297 g/mol. The molecule has 0 saturated carbocycles. The first-order valence-corrected chi connectivity index (χ1v) is 6.53. The van der Waals surface area contributed by atoms with Gasteiger partial charge < -0.3 is 9.88 Å². The van der Waals surface area contributed by atoms with Crippen molar-refractivity contribution >= 4 is 34.8 Å². The summed E-state index contributed by atoms with van der Waals surface area (Å²) in [6.07, 6.45) is 3.27. The third kappa shape index (κ3) is 3.28. The summed E-state index contributed by atoms with van der Waals surface area (Å²) >= 11 is 11.7. The number of aromatic nitrogens is 2. The molecule has 2 aromatic rings. The molecule has 0 radical (unpaired) electrons. The molecule has 0 aliphatic rings. The second-order valence-corrected chi connectivity index (χ2v) is 5.19. The maximum absolute atomic E-state index is 12.2. The average molecular weight is 298 g/mol. The van der Waals surface area contributed by atoms with Crippen molar-refractivity contribution in [2.75, 3.05) is 5.32 Å². The lowest BCUT2D eigenvalue weighted by Crippen LogP contribution is -2.17. The molecule has 19 heavy (non-hydrogen) atoms. The number of carbonyl (C=O) groups excluding carboxylic acids is 1. The standard InChI is InChI=1S/C13H13Cl2N3O/c1-8(2)18-7-9(14)5-11(18)13(19)17-10-3-4-16-12(15)6-10/h3-8H,1-2H3,(H,16,17,19). The minimum Gasteiger partial charge on any atom is -0.339 e. The third-order valence-corrected chi connectivity index (χ3v) is 3.00. The molecule has 2 heterocycles. The van der Waals surface area contributed by atoms with Gasteiger partial charge in [0.05, 0.1) is 5.02 Å². The summed E-state index contributed by atoms with van der Waals surface area (Å²) in [6.45, 7) is 3.97. The van der Waals surface area contributed by atoms with Gasteiger partial charge in [-0.25, -0.2) is 4.98 Å². The molecule has 1 N–H and O–H groups in total. The number of hydrogen-bond acceptors (Lipinski definition) is 2. The molecule has 0 bridgehead atoms. The van der Waals surface area contributed by atoms with Crippen LogP contribution in [0, 0.1) is 0 Å². The zero-order valence-electron chi connectivity index (χ0n) is 10.5. The summed E-state index contributed by atoms with van der Waals surface area (Å²) in [7, 11) is 0. The highest BCUT2D eigenvalue weighted by atomic mass is 35.5. The predicted molar refractivity (Wildman–Crippen MR) is 77.0 cm³/mol. The summed E-state index contributed by atoms with van der Waals surface area (Å²) in [5.74, 6) is -0.233. The van der Waals surface area contributed by atoms with Gasteiger partial charge in [0, 0.05) is 24.1 Å². The SMILES string of the molecule is CC(C)n1cc(Cl)cc1C(=O)Nc1ccnc(Cl)c1. The molecule has 0 atom stereocenters. The van der Waals surface area contributed by atoms with Crippen LogP contribution in [0.4, 0.5) is 5.69 Å². The van der Waals surface area contributed by atoms with E-state index in [-0.39, 0.29) is 11.9 Å². The first-order chi connectivity index (χ1) is 8.97. The highest BCUT2D eigenvalue weighted by Crippen LogP contribution is 2.20. The number of rotatable bonds is 3. The van der Waals surface area contributed by atoms with Crippen molar-refractivity contribution in [3.05, 3.63) is 46.5 Å².